The number of hydrogen-bond acceptors (Lipinski definition) is 4. The number of hydrogen-bond donors (Lipinski definition) is 2. The molecule has 1 unspecified atom stereocenters. The van der Waals surface area contributed by atoms with Crippen LogP contribution in [0.2, 0.25) is 0 Å². The van der Waals surface area contributed by atoms with E-state index in [2.05, 4.69) is 33.1 Å². The first kappa shape index (κ1) is 29.0. The van der Waals surface area contributed by atoms with Crippen LogP contribution in [0.4, 0.5) is 19.3 Å². The van der Waals surface area contributed by atoms with Crippen LogP contribution in [0.1, 0.15) is 44.1 Å². The third-order valence-electron chi connectivity index (χ3n) is 6.40. The molecule has 3 aromatic rings. The van der Waals surface area contributed by atoms with Crippen LogP contribution in [0, 0.1) is 13.8 Å². The number of nitrogens with zero attached hydrogens (tertiary/aromatic N) is 4. The van der Waals surface area contributed by atoms with E-state index >= 15 is 0 Å². The lowest BCUT2D eigenvalue weighted by Gasteiger charge is -2.34. The number of benzene rings is 1. The van der Waals surface area contributed by atoms with Crippen LogP contribution in [-0.4, -0.2) is 63.1 Å². The second-order valence-corrected chi connectivity index (χ2v) is 9.18. The number of H-pyrrole nitrogens is 1. The van der Waals surface area contributed by atoms with Gasteiger partial charge in [0.1, 0.15) is 5.69 Å². The minimum absolute atomic E-state index is 0.0723. The summed E-state index contributed by atoms with van der Waals surface area (Å²) in [5, 5.41) is 11.5. The lowest BCUT2D eigenvalue weighted by molar-refractivity contribution is 0.0955. The molecule has 204 valence electrons. The molecule has 2 aromatic heterocycles. The summed E-state index contributed by atoms with van der Waals surface area (Å²) in [4.78, 5) is 20.7. The number of anilines is 1. The van der Waals surface area contributed by atoms with Gasteiger partial charge < -0.3 is 10.2 Å². The van der Waals surface area contributed by atoms with Gasteiger partial charge in [-0.05, 0) is 57.0 Å². The van der Waals surface area contributed by atoms with Gasteiger partial charge in [-0.1, -0.05) is 38.7 Å². The molecule has 4 heterocycles. The highest BCUT2D eigenvalue weighted by Gasteiger charge is 2.34. The monoisotopic (exact) mass is 524 g/mol. The average molecular weight is 525 g/mol. The van der Waals surface area contributed by atoms with Gasteiger partial charge in [0, 0.05) is 53.7 Å². The van der Waals surface area contributed by atoms with Crippen molar-refractivity contribution in [1.29, 1.82) is 0 Å². The Morgan fingerprint density at radius 2 is 1.89 bits per heavy atom. The summed E-state index contributed by atoms with van der Waals surface area (Å²) in [5.74, 6) is 0. The summed E-state index contributed by atoms with van der Waals surface area (Å²) in [5.41, 5.74) is 6.29. The molecule has 2 N–H and O–H groups in total. The zero-order valence-corrected chi connectivity index (χ0v) is 22.9. The fourth-order valence-electron chi connectivity index (χ4n) is 4.85. The summed E-state index contributed by atoms with van der Waals surface area (Å²) in [6, 6.07) is 7.73. The van der Waals surface area contributed by atoms with Crippen molar-refractivity contribution < 1.29 is 13.6 Å². The molecule has 2 amide bonds. The van der Waals surface area contributed by atoms with Crippen molar-refractivity contribution in [3.05, 3.63) is 66.0 Å². The Kier molecular flexibility index (Phi) is 10.1. The van der Waals surface area contributed by atoms with E-state index in [0.29, 0.717) is 26.1 Å². The minimum atomic E-state index is -2.36. The number of urea groups is 1. The Hall–Kier alpha value is -3.59. The molecule has 0 aliphatic carbocycles. The van der Waals surface area contributed by atoms with Gasteiger partial charge in [-0.25, -0.2) is 13.6 Å². The summed E-state index contributed by atoms with van der Waals surface area (Å²) < 4.78 is 25.5. The highest BCUT2D eigenvalue weighted by Crippen LogP contribution is 2.34. The zero-order chi connectivity index (χ0) is 27.8. The van der Waals surface area contributed by atoms with Crippen molar-refractivity contribution in [2.75, 3.05) is 25.0 Å². The molecule has 38 heavy (non-hydrogen) atoms. The predicted octanol–water partition coefficient (Wildman–Crippen LogP) is 6.70. The molecule has 7 nitrogen and oxygen atoms in total. The number of halogens is 2. The van der Waals surface area contributed by atoms with E-state index in [0.717, 1.165) is 44.8 Å². The Labute approximate surface area is 223 Å². The lowest BCUT2D eigenvalue weighted by Crippen LogP contribution is -2.46. The maximum atomic E-state index is 12.7. The number of aromatic nitrogens is 3. The number of aryl methyl sites for hydroxylation is 2. The predicted molar refractivity (Wildman–Crippen MR) is 151 cm³/mol. The van der Waals surface area contributed by atoms with Crippen LogP contribution in [0.5, 0.6) is 0 Å². The summed E-state index contributed by atoms with van der Waals surface area (Å²) in [7, 11) is 0. The van der Waals surface area contributed by atoms with E-state index in [1.54, 1.807) is 15.9 Å². The molecule has 1 fully saturated rings. The molecule has 0 saturated carbocycles. The fraction of sp³-hybridized carbons (Fsp3) is 0.414. The van der Waals surface area contributed by atoms with E-state index in [4.69, 9.17) is 0 Å². The number of aromatic amines is 1. The van der Waals surface area contributed by atoms with E-state index in [1.807, 2.05) is 65.0 Å². The topological polar surface area (TPSA) is 77.2 Å². The van der Waals surface area contributed by atoms with Crippen LogP contribution in [-0.2, 0) is 6.54 Å². The van der Waals surface area contributed by atoms with Gasteiger partial charge in [-0.15, -0.1) is 0 Å². The Morgan fingerprint density at radius 3 is 2.50 bits per heavy atom. The second-order valence-electron chi connectivity index (χ2n) is 9.18. The number of nitrogens with one attached hydrogen (secondary N) is 2. The van der Waals surface area contributed by atoms with Gasteiger partial charge in [-0.3, -0.25) is 15.0 Å². The zero-order valence-electron chi connectivity index (χ0n) is 22.9. The number of carbonyl (C=O) groups excluding carboxylic acids is 1. The van der Waals surface area contributed by atoms with Gasteiger partial charge >= 0.3 is 6.03 Å². The SMILES string of the molecule is C=C/C=C\C.CC.Cc1cc(-c2n[nH]c3cc4c(cc23)CN(C2CCN(CC(F)F)C2)C(=O)N4)cc(C)n1. The lowest BCUT2D eigenvalue weighted by atomic mass is 10.0. The number of fused-ring (bicyclic) bond motifs is 2. The standard InChI is InChI=1S/C22H24F2N6O.C5H8.C2H6/c1-12-5-14(6-13(2)25-12)21-17-7-15-9-30(16-3-4-29(10-16)11-20(23)24)22(31)26-18(15)8-19(17)27-28-21;1-3-5-4-2;1-2/h5-8,16,20H,3-4,9-11H2,1-2H3,(H,26,31)(H,27,28);3-5H,1H2,2H3;1-2H3/b;5-4-;. The molecular formula is C29H38F2N6O. The highest BCUT2D eigenvalue weighted by molar-refractivity contribution is 6.00. The third kappa shape index (κ3) is 6.83. The maximum Gasteiger partial charge on any atom is 0.322 e. The van der Waals surface area contributed by atoms with Crippen molar-refractivity contribution >= 4 is 22.6 Å². The molecule has 1 aromatic carbocycles. The second kappa shape index (κ2) is 13.3. The molecule has 9 heteroatoms. The van der Waals surface area contributed by atoms with Crippen molar-refractivity contribution in [3.8, 4) is 11.3 Å². The number of allylic oxidation sites excluding steroid dienone is 3. The molecule has 0 spiro atoms. The van der Waals surface area contributed by atoms with E-state index in [-0.39, 0.29) is 18.6 Å². The average Bonchev–Trinajstić information content (AvgIpc) is 3.50. The van der Waals surface area contributed by atoms with Crippen molar-refractivity contribution in [1.82, 2.24) is 25.0 Å². The third-order valence-corrected chi connectivity index (χ3v) is 6.40. The largest absolute Gasteiger partial charge is 0.322 e. The van der Waals surface area contributed by atoms with E-state index < -0.39 is 6.43 Å². The van der Waals surface area contributed by atoms with Crippen molar-refractivity contribution in [2.45, 2.75) is 60.1 Å². The quantitative estimate of drug-likeness (QED) is 0.364. The molecule has 0 bridgehead atoms. The molecule has 5 rings (SSSR count). The van der Waals surface area contributed by atoms with E-state index in [9.17, 15) is 13.6 Å². The van der Waals surface area contributed by atoms with Crippen LogP contribution in [0.3, 0.4) is 0 Å². The first-order chi connectivity index (χ1) is 18.3. The maximum absolute atomic E-state index is 12.7. The number of carbonyl (C=O) groups is 1. The highest BCUT2D eigenvalue weighted by atomic mass is 19.3. The number of amides is 2. The summed E-state index contributed by atoms with van der Waals surface area (Å²) >= 11 is 0. The molecule has 1 saturated heterocycles. The van der Waals surface area contributed by atoms with Crippen LogP contribution < -0.4 is 5.32 Å². The Morgan fingerprint density at radius 1 is 1.18 bits per heavy atom. The van der Waals surface area contributed by atoms with E-state index in [1.165, 1.54) is 0 Å². The molecule has 2 aliphatic heterocycles. The number of pyridine rings is 1. The molecule has 0 radical (unpaired) electrons. The Balaban J connectivity index is 0.000000515. The summed E-state index contributed by atoms with van der Waals surface area (Å²) in [6.45, 7) is 14.6. The molecule has 2 aliphatic rings. The van der Waals surface area contributed by atoms with Gasteiger partial charge in [0.2, 0.25) is 0 Å². The normalized spacial score (nSPS) is 17.1. The van der Waals surface area contributed by atoms with Gasteiger partial charge in [0.15, 0.2) is 0 Å². The van der Waals surface area contributed by atoms with Crippen LogP contribution in [0.25, 0.3) is 22.2 Å². The van der Waals surface area contributed by atoms with Crippen LogP contribution in [0.15, 0.2) is 49.1 Å². The number of rotatable bonds is 5. The number of likely N-dealkylation sites (tertiary alicyclic amines) is 1. The van der Waals surface area contributed by atoms with Crippen molar-refractivity contribution in [3.63, 3.8) is 0 Å². The molecular weight excluding hydrogens is 486 g/mol. The fourth-order valence-corrected chi connectivity index (χ4v) is 4.85. The molecule has 1 atom stereocenters. The van der Waals surface area contributed by atoms with Gasteiger partial charge in [0.05, 0.1) is 12.1 Å². The number of alkyl halides is 2. The smallest absolute Gasteiger partial charge is 0.316 e. The Bertz CT molecular complexity index is 1270. The minimum Gasteiger partial charge on any atom is -0.316 e. The van der Waals surface area contributed by atoms with Crippen molar-refractivity contribution in [2.24, 2.45) is 0 Å². The first-order valence-electron chi connectivity index (χ1n) is 13.1. The van der Waals surface area contributed by atoms with Crippen LogP contribution >= 0.6 is 0 Å². The summed E-state index contributed by atoms with van der Waals surface area (Å²) in [6.07, 6.45) is 3.92. The first-order valence-corrected chi connectivity index (χ1v) is 13.1. The van der Waals surface area contributed by atoms with Gasteiger partial charge in [-0.2, -0.15) is 5.10 Å². The van der Waals surface area contributed by atoms with Gasteiger partial charge in [0.25, 0.3) is 6.43 Å².